The molecule has 1 atom stereocenters. The van der Waals surface area contributed by atoms with E-state index in [-0.39, 0.29) is 16.9 Å². The summed E-state index contributed by atoms with van der Waals surface area (Å²) in [6.07, 6.45) is 3.11. The summed E-state index contributed by atoms with van der Waals surface area (Å²) in [5, 5.41) is 7.88. The first-order valence-corrected chi connectivity index (χ1v) is 8.50. The first kappa shape index (κ1) is 15.9. The number of hydrogen-bond donors (Lipinski definition) is 2. The van der Waals surface area contributed by atoms with Crippen molar-refractivity contribution < 1.29 is 17.9 Å². The van der Waals surface area contributed by atoms with Crippen LogP contribution in [0.15, 0.2) is 29.2 Å². The summed E-state index contributed by atoms with van der Waals surface area (Å²) in [6.45, 7) is 1.33. The summed E-state index contributed by atoms with van der Waals surface area (Å²) in [5.41, 5.74) is 0.898. The third-order valence-corrected chi connectivity index (χ3v) is 4.37. The van der Waals surface area contributed by atoms with Gasteiger partial charge < -0.3 is 10.1 Å². The van der Waals surface area contributed by atoms with E-state index in [1.807, 2.05) is 0 Å². The van der Waals surface area contributed by atoms with E-state index in [1.54, 1.807) is 12.1 Å². The molecular weight excluding hydrogens is 292 g/mol. The van der Waals surface area contributed by atoms with Gasteiger partial charge in [0.15, 0.2) is 0 Å². The summed E-state index contributed by atoms with van der Waals surface area (Å²) < 4.78 is 27.7. The average molecular weight is 312 g/mol. The smallest absolute Gasteiger partial charge is 0.238 e. The fourth-order valence-corrected chi connectivity index (χ4v) is 2.74. The largest absolute Gasteiger partial charge is 0.376 e. The van der Waals surface area contributed by atoms with Crippen molar-refractivity contribution in [3.05, 3.63) is 29.8 Å². The third-order valence-electron chi connectivity index (χ3n) is 3.44. The zero-order chi connectivity index (χ0) is 15.3. The van der Waals surface area contributed by atoms with E-state index in [1.165, 1.54) is 12.1 Å². The highest BCUT2D eigenvalue weighted by Crippen LogP contribution is 2.12. The molecule has 0 bridgehead atoms. The predicted octanol–water partition coefficient (Wildman–Crippen LogP) is 0.562. The molecule has 1 aliphatic heterocycles. The van der Waals surface area contributed by atoms with Crippen molar-refractivity contribution in [2.45, 2.75) is 36.7 Å². The van der Waals surface area contributed by atoms with Crippen LogP contribution in [0.2, 0.25) is 0 Å². The minimum Gasteiger partial charge on any atom is -0.376 e. The van der Waals surface area contributed by atoms with E-state index in [0.717, 1.165) is 25.0 Å². The van der Waals surface area contributed by atoms with E-state index >= 15 is 0 Å². The van der Waals surface area contributed by atoms with Gasteiger partial charge in [0.1, 0.15) is 0 Å². The fraction of sp³-hybridized carbons (Fsp3) is 0.500. The molecule has 1 unspecified atom stereocenters. The first-order chi connectivity index (χ1) is 9.95. The van der Waals surface area contributed by atoms with Crippen LogP contribution in [0, 0.1) is 0 Å². The maximum Gasteiger partial charge on any atom is 0.238 e. The van der Waals surface area contributed by atoms with E-state index in [2.05, 4.69) is 5.32 Å². The SMILES string of the molecule is NS(=O)(=O)c1ccc(CCC(=O)NCC2CCCO2)cc1. The molecular formula is C14H20N2O4S. The Kier molecular flexibility index (Phi) is 5.33. The van der Waals surface area contributed by atoms with Crippen LogP contribution in [-0.2, 0) is 26.0 Å². The van der Waals surface area contributed by atoms with Crippen molar-refractivity contribution in [1.29, 1.82) is 0 Å². The second kappa shape index (κ2) is 7.02. The molecule has 1 aliphatic rings. The van der Waals surface area contributed by atoms with Crippen molar-refractivity contribution in [3.8, 4) is 0 Å². The lowest BCUT2D eigenvalue weighted by atomic mass is 10.1. The number of nitrogens with one attached hydrogen (secondary N) is 1. The zero-order valence-electron chi connectivity index (χ0n) is 11.7. The summed E-state index contributed by atoms with van der Waals surface area (Å²) in [6, 6.07) is 6.25. The highest BCUT2D eigenvalue weighted by molar-refractivity contribution is 7.89. The van der Waals surface area contributed by atoms with Crippen molar-refractivity contribution in [2.24, 2.45) is 5.14 Å². The third kappa shape index (κ3) is 5.11. The molecule has 0 spiro atoms. The Morgan fingerprint density at radius 1 is 1.33 bits per heavy atom. The van der Waals surface area contributed by atoms with Gasteiger partial charge in [-0.3, -0.25) is 4.79 Å². The lowest BCUT2D eigenvalue weighted by Gasteiger charge is -2.10. The van der Waals surface area contributed by atoms with Gasteiger partial charge in [0, 0.05) is 19.6 Å². The molecule has 7 heteroatoms. The minimum atomic E-state index is -3.66. The Balaban J connectivity index is 1.75. The molecule has 3 N–H and O–H groups in total. The summed E-state index contributed by atoms with van der Waals surface area (Å²) in [5.74, 6) is -0.0268. The number of amides is 1. The summed E-state index contributed by atoms with van der Waals surface area (Å²) >= 11 is 0. The van der Waals surface area contributed by atoms with Crippen LogP contribution in [0.25, 0.3) is 0 Å². The molecule has 116 valence electrons. The molecule has 1 heterocycles. The van der Waals surface area contributed by atoms with Crippen molar-refractivity contribution in [3.63, 3.8) is 0 Å². The highest BCUT2D eigenvalue weighted by Gasteiger charge is 2.16. The number of aryl methyl sites for hydroxylation is 1. The first-order valence-electron chi connectivity index (χ1n) is 6.95. The van der Waals surface area contributed by atoms with Gasteiger partial charge in [-0.1, -0.05) is 12.1 Å². The molecule has 0 aromatic heterocycles. The van der Waals surface area contributed by atoms with Gasteiger partial charge in [-0.05, 0) is 37.0 Å². The van der Waals surface area contributed by atoms with Crippen LogP contribution in [0.5, 0.6) is 0 Å². The van der Waals surface area contributed by atoms with Crippen LogP contribution >= 0.6 is 0 Å². The van der Waals surface area contributed by atoms with Crippen LogP contribution in [0.4, 0.5) is 0 Å². The molecule has 0 radical (unpaired) electrons. The highest BCUT2D eigenvalue weighted by atomic mass is 32.2. The number of carbonyl (C=O) groups excluding carboxylic acids is 1. The van der Waals surface area contributed by atoms with Gasteiger partial charge in [0.25, 0.3) is 0 Å². The number of ether oxygens (including phenoxy) is 1. The number of rotatable bonds is 6. The van der Waals surface area contributed by atoms with Crippen molar-refractivity contribution in [2.75, 3.05) is 13.2 Å². The second-order valence-corrected chi connectivity index (χ2v) is 6.69. The van der Waals surface area contributed by atoms with Gasteiger partial charge in [-0.2, -0.15) is 0 Å². The molecule has 6 nitrogen and oxygen atoms in total. The Morgan fingerprint density at radius 3 is 2.62 bits per heavy atom. The van der Waals surface area contributed by atoms with Crippen LogP contribution < -0.4 is 10.5 Å². The van der Waals surface area contributed by atoms with Crippen LogP contribution in [0.3, 0.4) is 0 Å². The lowest BCUT2D eigenvalue weighted by molar-refractivity contribution is -0.121. The van der Waals surface area contributed by atoms with Crippen LogP contribution in [0.1, 0.15) is 24.8 Å². The minimum absolute atomic E-state index is 0.0268. The average Bonchev–Trinajstić information content (AvgIpc) is 2.95. The van der Waals surface area contributed by atoms with Gasteiger partial charge in [0.05, 0.1) is 11.0 Å². The normalized spacial score (nSPS) is 18.6. The number of primary sulfonamides is 1. The number of hydrogen-bond acceptors (Lipinski definition) is 4. The zero-order valence-corrected chi connectivity index (χ0v) is 12.6. The Morgan fingerprint density at radius 2 is 2.05 bits per heavy atom. The van der Waals surface area contributed by atoms with Gasteiger partial charge >= 0.3 is 0 Å². The molecule has 1 saturated heterocycles. The second-order valence-electron chi connectivity index (χ2n) is 5.13. The standard InChI is InChI=1S/C14H20N2O4S/c15-21(18,19)13-6-3-11(4-7-13)5-8-14(17)16-10-12-2-1-9-20-12/h3-4,6-7,12H,1-2,5,8-10H2,(H,16,17)(H2,15,18,19). The molecule has 0 aliphatic carbocycles. The lowest BCUT2D eigenvalue weighted by Crippen LogP contribution is -2.31. The van der Waals surface area contributed by atoms with Crippen LogP contribution in [-0.4, -0.2) is 33.6 Å². The van der Waals surface area contributed by atoms with E-state index in [4.69, 9.17) is 9.88 Å². The van der Waals surface area contributed by atoms with E-state index in [0.29, 0.717) is 19.4 Å². The molecule has 0 saturated carbocycles. The maximum atomic E-state index is 11.7. The fourth-order valence-electron chi connectivity index (χ4n) is 2.23. The monoisotopic (exact) mass is 312 g/mol. The van der Waals surface area contributed by atoms with E-state index in [9.17, 15) is 13.2 Å². The van der Waals surface area contributed by atoms with E-state index < -0.39 is 10.0 Å². The Bertz CT molecular complexity index is 577. The topological polar surface area (TPSA) is 98.5 Å². The summed E-state index contributed by atoms with van der Waals surface area (Å²) in [7, 11) is -3.66. The maximum absolute atomic E-state index is 11.7. The van der Waals surface area contributed by atoms with Gasteiger partial charge in [-0.15, -0.1) is 0 Å². The Labute approximate surface area is 124 Å². The predicted molar refractivity (Wildman–Crippen MR) is 78.1 cm³/mol. The van der Waals surface area contributed by atoms with Crippen molar-refractivity contribution in [1.82, 2.24) is 5.32 Å². The van der Waals surface area contributed by atoms with Crippen molar-refractivity contribution >= 4 is 15.9 Å². The van der Waals surface area contributed by atoms with Gasteiger partial charge in [-0.25, -0.2) is 13.6 Å². The molecule has 1 aromatic rings. The number of nitrogens with two attached hydrogens (primary N) is 1. The quantitative estimate of drug-likeness (QED) is 0.802. The molecule has 1 fully saturated rings. The molecule has 1 aromatic carbocycles. The van der Waals surface area contributed by atoms with Gasteiger partial charge in [0.2, 0.25) is 15.9 Å². The number of benzene rings is 1. The molecule has 21 heavy (non-hydrogen) atoms. The molecule has 2 rings (SSSR count). The summed E-state index contributed by atoms with van der Waals surface area (Å²) in [4.78, 5) is 11.8. The molecule has 1 amide bonds. The number of sulfonamides is 1. The number of carbonyl (C=O) groups is 1. The Hall–Kier alpha value is -1.44.